The molecule has 0 bridgehead atoms. The van der Waals surface area contributed by atoms with Crippen molar-refractivity contribution >= 4 is 29.4 Å². The van der Waals surface area contributed by atoms with E-state index < -0.39 is 0 Å². The summed E-state index contributed by atoms with van der Waals surface area (Å²) in [6, 6.07) is 1.66. The number of hydrogen-bond acceptors (Lipinski definition) is 8. The van der Waals surface area contributed by atoms with Gasteiger partial charge in [0.05, 0.1) is 5.69 Å². The highest BCUT2D eigenvalue weighted by molar-refractivity contribution is 5.95. The highest BCUT2D eigenvalue weighted by atomic mass is 16.2. The van der Waals surface area contributed by atoms with Crippen molar-refractivity contribution in [3.05, 3.63) is 29.3 Å². The molecule has 1 fully saturated rings. The van der Waals surface area contributed by atoms with Crippen LogP contribution in [0.4, 0.5) is 23.5 Å². The summed E-state index contributed by atoms with van der Waals surface area (Å²) in [7, 11) is 0. The maximum atomic E-state index is 12.8. The number of amides is 1. The average molecular weight is 422 g/mol. The second-order valence-electron chi connectivity index (χ2n) is 8.31. The molecule has 3 aromatic heterocycles. The van der Waals surface area contributed by atoms with E-state index in [1.165, 1.54) is 6.33 Å². The first kappa shape index (κ1) is 19.5. The van der Waals surface area contributed by atoms with Crippen LogP contribution in [-0.2, 0) is 17.6 Å². The van der Waals surface area contributed by atoms with Gasteiger partial charge in [0.1, 0.15) is 18.2 Å². The zero-order valence-corrected chi connectivity index (χ0v) is 17.6. The quantitative estimate of drug-likeness (QED) is 0.474. The summed E-state index contributed by atoms with van der Waals surface area (Å²) in [4.78, 5) is 28.5. The van der Waals surface area contributed by atoms with E-state index in [0.29, 0.717) is 17.8 Å². The molecule has 3 aromatic rings. The van der Waals surface area contributed by atoms with Gasteiger partial charge in [-0.05, 0) is 38.0 Å². The molecule has 1 saturated heterocycles. The minimum Gasteiger partial charge on any atom is -0.329 e. The second kappa shape index (κ2) is 7.97. The number of nitrogens with zero attached hydrogens (tertiary/aromatic N) is 6. The molecule has 0 saturated carbocycles. The van der Waals surface area contributed by atoms with E-state index in [4.69, 9.17) is 9.97 Å². The first-order valence-electron chi connectivity index (χ1n) is 10.7. The lowest BCUT2D eigenvalue weighted by molar-refractivity contribution is -0.117. The minimum absolute atomic E-state index is 0.137. The molecule has 1 aliphatic heterocycles. The maximum Gasteiger partial charge on any atom is 0.249 e. The monoisotopic (exact) mass is 422 g/mol. The molecule has 4 heterocycles. The third-order valence-electron chi connectivity index (χ3n) is 5.86. The number of nitrogens with one attached hydrogen (secondary N) is 4. The van der Waals surface area contributed by atoms with Crippen molar-refractivity contribution in [3.63, 3.8) is 0 Å². The number of carbonyl (C=O) groups is 1. The van der Waals surface area contributed by atoms with E-state index in [-0.39, 0.29) is 11.9 Å². The molecule has 11 heteroatoms. The van der Waals surface area contributed by atoms with Crippen LogP contribution in [0.1, 0.15) is 56.0 Å². The molecule has 5 rings (SSSR count). The first-order chi connectivity index (χ1) is 15.1. The highest BCUT2D eigenvalue weighted by Gasteiger charge is 2.34. The Morgan fingerprint density at radius 2 is 2.13 bits per heavy atom. The van der Waals surface area contributed by atoms with E-state index in [2.05, 4.69) is 49.9 Å². The van der Waals surface area contributed by atoms with Crippen LogP contribution in [0.5, 0.6) is 0 Å². The normalized spacial score (nSPS) is 17.9. The van der Waals surface area contributed by atoms with Crippen molar-refractivity contribution < 1.29 is 4.79 Å². The number of aryl methyl sites for hydroxylation is 1. The molecule has 162 valence electrons. The van der Waals surface area contributed by atoms with Crippen LogP contribution in [0, 0.1) is 0 Å². The summed E-state index contributed by atoms with van der Waals surface area (Å²) in [6.07, 6.45) is 5.91. The third kappa shape index (κ3) is 3.82. The number of anilines is 4. The van der Waals surface area contributed by atoms with Gasteiger partial charge in [-0.15, -0.1) is 0 Å². The zero-order valence-electron chi connectivity index (χ0n) is 17.6. The predicted molar refractivity (Wildman–Crippen MR) is 115 cm³/mol. The molecule has 4 N–H and O–H groups in total. The number of aromatic nitrogens is 7. The van der Waals surface area contributed by atoms with Gasteiger partial charge < -0.3 is 10.2 Å². The number of fused-ring (bicyclic) bond motifs is 1. The Labute approximate surface area is 179 Å². The lowest BCUT2D eigenvalue weighted by Crippen LogP contribution is -2.41. The summed E-state index contributed by atoms with van der Waals surface area (Å²) >= 11 is 0. The van der Waals surface area contributed by atoms with Crippen LogP contribution in [-0.4, -0.2) is 53.8 Å². The topological polar surface area (TPSA) is 140 Å². The van der Waals surface area contributed by atoms with E-state index in [1.807, 2.05) is 11.0 Å². The molecule has 1 atom stereocenters. The Balaban J connectivity index is 1.42. The Morgan fingerprint density at radius 3 is 2.90 bits per heavy atom. The number of aromatic amines is 2. The molecule has 0 unspecified atom stereocenters. The maximum absolute atomic E-state index is 12.8. The molecule has 0 spiro atoms. The lowest BCUT2D eigenvalue weighted by atomic mass is 10.1. The Morgan fingerprint density at radius 1 is 1.23 bits per heavy atom. The first-order valence-corrected chi connectivity index (χ1v) is 10.7. The van der Waals surface area contributed by atoms with Gasteiger partial charge in [-0.2, -0.15) is 20.2 Å². The average Bonchev–Trinajstić information content (AvgIpc) is 3.53. The number of rotatable bonds is 6. The van der Waals surface area contributed by atoms with Crippen molar-refractivity contribution in [1.82, 2.24) is 35.3 Å². The van der Waals surface area contributed by atoms with Crippen LogP contribution >= 0.6 is 0 Å². The van der Waals surface area contributed by atoms with Crippen molar-refractivity contribution in [2.75, 3.05) is 22.1 Å². The number of hydrogen-bond donors (Lipinski definition) is 4. The van der Waals surface area contributed by atoms with E-state index >= 15 is 0 Å². The molecular weight excluding hydrogens is 396 g/mol. The van der Waals surface area contributed by atoms with Gasteiger partial charge >= 0.3 is 0 Å². The van der Waals surface area contributed by atoms with Gasteiger partial charge in [-0.3, -0.25) is 15.2 Å². The van der Waals surface area contributed by atoms with E-state index in [9.17, 15) is 4.79 Å². The summed E-state index contributed by atoms with van der Waals surface area (Å²) in [5, 5.41) is 20.1. The predicted octanol–water partition coefficient (Wildman–Crippen LogP) is 2.28. The Kier molecular flexibility index (Phi) is 5.00. The standard InChI is InChI=1S/C20H26N10O/c1-11(2)14-9-16(28-27-14)24-17-12-5-3-6-13(12)23-20(25-17)30-8-4-7-15(30)18(31)26-19-21-10-22-29-19/h9-11,15H,3-8H2,1-2H3,(H2,21,22,26,29,31)(H2,23,24,25,27,28)/t15-/m1/s1. The van der Waals surface area contributed by atoms with Crippen LogP contribution in [0.25, 0.3) is 0 Å². The van der Waals surface area contributed by atoms with Crippen LogP contribution in [0.3, 0.4) is 0 Å². The van der Waals surface area contributed by atoms with Gasteiger partial charge in [0, 0.05) is 23.9 Å². The Hall–Kier alpha value is -3.50. The van der Waals surface area contributed by atoms with Crippen molar-refractivity contribution in [3.8, 4) is 0 Å². The molecule has 31 heavy (non-hydrogen) atoms. The Bertz CT molecular complexity index is 1070. The second-order valence-corrected chi connectivity index (χ2v) is 8.31. The molecule has 1 aliphatic carbocycles. The smallest absolute Gasteiger partial charge is 0.249 e. The summed E-state index contributed by atoms with van der Waals surface area (Å²) in [5.74, 6) is 2.67. The molecule has 0 aromatic carbocycles. The van der Waals surface area contributed by atoms with Gasteiger partial charge in [0.25, 0.3) is 0 Å². The molecule has 0 radical (unpaired) electrons. The van der Waals surface area contributed by atoms with E-state index in [0.717, 1.165) is 67.2 Å². The van der Waals surface area contributed by atoms with Gasteiger partial charge in [0.2, 0.25) is 17.8 Å². The van der Waals surface area contributed by atoms with E-state index in [1.54, 1.807) is 0 Å². The molecule has 1 amide bonds. The minimum atomic E-state index is -0.352. The molecular formula is C20H26N10O. The fourth-order valence-corrected chi connectivity index (χ4v) is 4.21. The fourth-order valence-electron chi connectivity index (χ4n) is 4.21. The third-order valence-corrected chi connectivity index (χ3v) is 5.86. The van der Waals surface area contributed by atoms with Crippen LogP contribution < -0.4 is 15.5 Å². The zero-order chi connectivity index (χ0) is 21.4. The van der Waals surface area contributed by atoms with Crippen LogP contribution in [0.2, 0.25) is 0 Å². The van der Waals surface area contributed by atoms with Gasteiger partial charge in [-0.25, -0.2) is 10.1 Å². The highest BCUT2D eigenvalue weighted by Crippen LogP contribution is 2.32. The van der Waals surface area contributed by atoms with Crippen molar-refractivity contribution in [1.29, 1.82) is 0 Å². The number of H-pyrrole nitrogens is 2. The SMILES string of the molecule is CC(C)c1cc(Nc2nc(N3CCC[C@@H]3C(=O)Nc3ncn[nH]3)nc3c2CCC3)n[nH]1. The van der Waals surface area contributed by atoms with Crippen molar-refractivity contribution in [2.24, 2.45) is 0 Å². The summed E-state index contributed by atoms with van der Waals surface area (Å²) in [6.45, 7) is 4.97. The molecule has 11 nitrogen and oxygen atoms in total. The van der Waals surface area contributed by atoms with Gasteiger partial charge in [-0.1, -0.05) is 13.8 Å². The summed E-state index contributed by atoms with van der Waals surface area (Å²) in [5.41, 5.74) is 3.25. The lowest BCUT2D eigenvalue weighted by Gasteiger charge is -2.24. The largest absolute Gasteiger partial charge is 0.329 e. The van der Waals surface area contributed by atoms with Crippen LogP contribution in [0.15, 0.2) is 12.4 Å². The summed E-state index contributed by atoms with van der Waals surface area (Å²) < 4.78 is 0. The van der Waals surface area contributed by atoms with Gasteiger partial charge in [0.15, 0.2) is 5.82 Å². The molecule has 2 aliphatic rings. The fraction of sp³-hybridized carbons (Fsp3) is 0.500. The van der Waals surface area contributed by atoms with Crippen molar-refractivity contribution in [2.45, 2.75) is 57.9 Å². The number of carbonyl (C=O) groups excluding carboxylic acids is 1.